The molecule has 1 rings (SSSR count). The van der Waals surface area contributed by atoms with Crippen molar-refractivity contribution in [2.24, 2.45) is 0 Å². The molecule has 0 saturated heterocycles. The Labute approximate surface area is 108 Å². The van der Waals surface area contributed by atoms with Crippen LogP contribution in [0.5, 0.6) is 0 Å². The molecule has 0 radical (unpaired) electrons. The molecule has 1 N–H and O–H groups in total. The summed E-state index contributed by atoms with van der Waals surface area (Å²) < 4.78 is 0. The predicted octanol–water partition coefficient (Wildman–Crippen LogP) is 3.21. The van der Waals surface area contributed by atoms with Gasteiger partial charge in [-0.05, 0) is 19.3 Å². The molecule has 3 nitrogen and oxygen atoms in total. The van der Waals surface area contributed by atoms with Crippen LogP contribution in [0.1, 0.15) is 50.6 Å². The van der Waals surface area contributed by atoms with Gasteiger partial charge in [0, 0.05) is 13.1 Å². The minimum absolute atomic E-state index is 0.124. The van der Waals surface area contributed by atoms with Crippen LogP contribution in [0.4, 0.5) is 5.13 Å². The van der Waals surface area contributed by atoms with Gasteiger partial charge in [-0.1, -0.05) is 38.5 Å². The monoisotopic (exact) mass is 256 g/mol. The molecule has 0 atom stereocenters. The third-order valence-electron chi connectivity index (χ3n) is 2.65. The molecule has 98 valence electrons. The number of aryl methyl sites for hydroxylation is 1. The van der Waals surface area contributed by atoms with Gasteiger partial charge in [0.15, 0.2) is 5.13 Å². The quantitative estimate of drug-likeness (QED) is 0.776. The normalized spacial score (nSPS) is 10.8. The zero-order chi connectivity index (χ0) is 12.7. The van der Waals surface area contributed by atoms with Gasteiger partial charge in [-0.2, -0.15) is 0 Å². The van der Waals surface area contributed by atoms with Crippen LogP contribution in [-0.2, 0) is 13.0 Å². The molecule has 0 aliphatic carbocycles. The number of thiazole rings is 1. The average molecular weight is 256 g/mol. The fourth-order valence-electron chi connectivity index (χ4n) is 1.90. The third-order valence-corrected chi connectivity index (χ3v) is 3.80. The Hall–Kier alpha value is -0.610. The van der Waals surface area contributed by atoms with Crippen molar-refractivity contribution in [3.63, 3.8) is 0 Å². The third kappa shape index (κ3) is 3.96. The van der Waals surface area contributed by atoms with E-state index in [1.807, 2.05) is 0 Å². The predicted molar refractivity (Wildman–Crippen MR) is 74.8 cm³/mol. The summed E-state index contributed by atoms with van der Waals surface area (Å²) in [5, 5.41) is 10.4. The SMILES string of the molecule is CCCc1nc(N(CCC)CCC)sc1CO. The number of aliphatic hydroxyl groups excluding tert-OH is 1. The molecule has 0 unspecified atom stereocenters. The minimum Gasteiger partial charge on any atom is -0.391 e. The number of anilines is 1. The summed E-state index contributed by atoms with van der Waals surface area (Å²) >= 11 is 1.65. The van der Waals surface area contributed by atoms with Crippen molar-refractivity contribution in [1.29, 1.82) is 0 Å². The van der Waals surface area contributed by atoms with Gasteiger partial charge in [-0.25, -0.2) is 4.98 Å². The van der Waals surface area contributed by atoms with E-state index in [1.54, 1.807) is 11.3 Å². The molecule has 1 aromatic rings. The van der Waals surface area contributed by atoms with Crippen molar-refractivity contribution >= 4 is 16.5 Å². The number of nitrogens with zero attached hydrogens (tertiary/aromatic N) is 2. The van der Waals surface area contributed by atoms with E-state index >= 15 is 0 Å². The number of aliphatic hydroxyl groups is 1. The van der Waals surface area contributed by atoms with Gasteiger partial charge >= 0.3 is 0 Å². The lowest BCUT2D eigenvalue weighted by atomic mass is 10.2. The van der Waals surface area contributed by atoms with Crippen LogP contribution in [0.2, 0.25) is 0 Å². The second-order valence-corrected chi connectivity index (χ2v) is 5.32. The summed E-state index contributed by atoms with van der Waals surface area (Å²) in [6, 6.07) is 0. The molecule has 0 fully saturated rings. The van der Waals surface area contributed by atoms with Gasteiger partial charge in [0.25, 0.3) is 0 Å². The first-order chi connectivity index (χ1) is 8.26. The first-order valence-electron chi connectivity index (χ1n) is 6.61. The van der Waals surface area contributed by atoms with Gasteiger partial charge in [-0.3, -0.25) is 0 Å². The maximum Gasteiger partial charge on any atom is 0.185 e. The highest BCUT2D eigenvalue weighted by molar-refractivity contribution is 7.15. The van der Waals surface area contributed by atoms with Gasteiger partial charge in [0.2, 0.25) is 0 Å². The van der Waals surface area contributed by atoms with Crippen molar-refractivity contribution in [2.75, 3.05) is 18.0 Å². The van der Waals surface area contributed by atoms with Crippen molar-refractivity contribution in [1.82, 2.24) is 4.98 Å². The molecule has 0 aliphatic heterocycles. The Morgan fingerprint density at radius 2 is 1.76 bits per heavy atom. The Balaban J connectivity index is 2.86. The molecule has 0 aromatic carbocycles. The zero-order valence-corrected chi connectivity index (χ0v) is 12.0. The molecule has 1 aromatic heterocycles. The van der Waals surface area contributed by atoms with Gasteiger partial charge in [-0.15, -0.1) is 0 Å². The van der Waals surface area contributed by atoms with Crippen LogP contribution in [0, 0.1) is 0 Å². The van der Waals surface area contributed by atoms with E-state index in [-0.39, 0.29) is 6.61 Å². The Morgan fingerprint density at radius 3 is 2.24 bits per heavy atom. The molecule has 17 heavy (non-hydrogen) atoms. The van der Waals surface area contributed by atoms with E-state index in [1.165, 1.54) is 0 Å². The van der Waals surface area contributed by atoms with Crippen molar-refractivity contribution in [3.05, 3.63) is 10.6 Å². The van der Waals surface area contributed by atoms with Crippen LogP contribution >= 0.6 is 11.3 Å². The second kappa shape index (κ2) is 7.67. The van der Waals surface area contributed by atoms with E-state index in [0.29, 0.717) is 0 Å². The lowest BCUT2D eigenvalue weighted by molar-refractivity contribution is 0.284. The van der Waals surface area contributed by atoms with E-state index in [2.05, 4.69) is 25.7 Å². The van der Waals surface area contributed by atoms with Crippen LogP contribution in [0.25, 0.3) is 0 Å². The highest BCUT2D eigenvalue weighted by atomic mass is 32.1. The zero-order valence-electron chi connectivity index (χ0n) is 11.2. The molecule has 4 heteroatoms. The number of aromatic nitrogens is 1. The smallest absolute Gasteiger partial charge is 0.185 e. The van der Waals surface area contributed by atoms with Crippen LogP contribution in [-0.4, -0.2) is 23.2 Å². The summed E-state index contributed by atoms with van der Waals surface area (Å²) in [5.41, 5.74) is 1.09. The van der Waals surface area contributed by atoms with Crippen LogP contribution in [0.15, 0.2) is 0 Å². The second-order valence-electron chi connectivity index (χ2n) is 4.26. The van der Waals surface area contributed by atoms with Gasteiger partial charge in [0.05, 0.1) is 17.2 Å². The highest BCUT2D eigenvalue weighted by Crippen LogP contribution is 2.27. The van der Waals surface area contributed by atoms with E-state index in [4.69, 9.17) is 4.98 Å². The van der Waals surface area contributed by atoms with Crippen molar-refractivity contribution in [3.8, 4) is 0 Å². The Morgan fingerprint density at radius 1 is 1.12 bits per heavy atom. The van der Waals surface area contributed by atoms with Gasteiger partial charge < -0.3 is 10.0 Å². The molecule has 0 spiro atoms. The summed E-state index contributed by atoms with van der Waals surface area (Å²) in [6.45, 7) is 8.76. The molecular weight excluding hydrogens is 232 g/mol. The van der Waals surface area contributed by atoms with E-state index in [0.717, 1.165) is 54.5 Å². The fraction of sp³-hybridized carbons (Fsp3) is 0.769. The Kier molecular flexibility index (Phi) is 6.52. The van der Waals surface area contributed by atoms with E-state index in [9.17, 15) is 5.11 Å². The lowest BCUT2D eigenvalue weighted by Crippen LogP contribution is -2.24. The van der Waals surface area contributed by atoms with Crippen LogP contribution < -0.4 is 4.90 Å². The molecule has 0 amide bonds. The average Bonchev–Trinajstić information content (AvgIpc) is 2.72. The summed E-state index contributed by atoms with van der Waals surface area (Å²) in [5.74, 6) is 0. The topological polar surface area (TPSA) is 36.4 Å². The fourth-order valence-corrected chi connectivity index (χ4v) is 2.92. The summed E-state index contributed by atoms with van der Waals surface area (Å²) in [4.78, 5) is 8.07. The molecule has 0 bridgehead atoms. The highest BCUT2D eigenvalue weighted by Gasteiger charge is 2.14. The van der Waals surface area contributed by atoms with Crippen molar-refractivity contribution < 1.29 is 5.11 Å². The largest absolute Gasteiger partial charge is 0.391 e. The Bertz CT molecular complexity index is 319. The summed E-state index contributed by atoms with van der Waals surface area (Å²) in [7, 11) is 0. The van der Waals surface area contributed by atoms with E-state index < -0.39 is 0 Å². The van der Waals surface area contributed by atoms with Crippen molar-refractivity contribution in [2.45, 2.75) is 53.1 Å². The molecular formula is C13H24N2OS. The lowest BCUT2D eigenvalue weighted by Gasteiger charge is -2.19. The summed E-state index contributed by atoms with van der Waals surface area (Å²) in [6.07, 6.45) is 4.32. The maximum atomic E-state index is 9.35. The first-order valence-corrected chi connectivity index (χ1v) is 7.42. The minimum atomic E-state index is 0.124. The molecule has 0 aliphatic rings. The molecule has 0 saturated carbocycles. The first kappa shape index (κ1) is 14.5. The number of hydrogen-bond donors (Lipinski definition) is 1. The van der Waals surface area contributed by atoms with Crippen LogP contribution in [0.3, 0.4) is 0 Å². The molecule has 1 heterocycles. The number of rotatable bonds is 8. The standard InChI is InChI=1S/C13H24N2OS/c1-4-7-11-12(10-16)17-13(14-11)15(8-5-2)9-6-3/h16H,4-10H2,1-3H3. The number of hydrogen-bond acceptors (Lipinski definition) is 4. The maximum absolute atomic E-state index is 9.35. The van der Waals surface area contributed by atoms with Gasteiger partial charge in [0.1, 0.15) is 0 Å².